The number of carbonyl (C=O) groups is 3. The summed E-state index contributed by atoms with van der Waals surface area (Å²) < 4.78 is 15.5. The van der Waals surface area contributed by atoms with E-state index in [0.29, 0.717) is 11.1 Å². The number of carboxylic acids is 1. The Kier molecular flexibility index (Phi) is 8.61. The van der Waals surface area contributed by atoms with Gasteiger partial charge in [-0.05, 0) is 47.5 Å². The molecule has 2 unspecified atom stereocenters. The molecule has 38 heavy (non-hydrogen) atoms. The van der Waals surface area contributed by atoms with Gasteiger partial charge in [0.1, 0.15) is 6.10 Å². The van der Waals surface area contributed by atoms with Crippen molar-refractivity contribution < 1.29 is 59.2 Å². The number of aromatic hydroxyl groups is 3. The average Bonchev–Trinajstić information content (AvgIpc) is 2.86. The van der Waals surface area contributed by atoms with Crippen LogP contribution < -0.4 is 4.74 Å². The Bertz CT molecular complexity index is 1270. The van der Waals surface area contributed by atoms with E-state index in [1.54, 1.807) is 0 Å². The minimum absolute atomic E-state index is 0.107. The van der Waals surface area contributed by atoms with Gasteiger partial charge in [0.25, 0.3) is 0 Å². The molecule has 1 saturated carbocycles. The second-order valence-electron chi connectivity index (χ2n) is 8.54. The summed E-state index contributed by atoms with van der Waals surface area (Å²) in [6.45, 7) is 0. The number of ether oxygens (including phenoxy) is 3. The van der Waals surface area contributed by atoms with Gasteiger partial charge in [-0.3, -0.25) is 0 Å². The summed E-state index contributed by atoms with van der Waals surface area (Å²) in [7, 11) is 1.35. The number of aliphatic hydroxyl groups is 2. The standard InChI is InChI=1S/C26H26O12/c1-36-20-11-15(3-7-17(20)28)5-9-23(32)38-24-19(30)12-26(35,25(33)34)13-21(24)37-22(31)8-4-14-2-6-16(27)18(29)10-14/h2-11,19,21,24,27-30,35H,12-13H2,1H3,(H,33,34)/b8-4+,9-5+/t19?,21?,24-,26+/m0/s1. The van der Waals surface area contributed by atoms with Crippen LogP contribution in [0, 0.1) is 0 Å². The van der Waals surface area contributed by atoms with E-state index in [-0.39, 0.29) is 17.2 Å². The van der Waals surface area contributed by atoms with Crippen molar-refractivity contribution in [2.75, 3.05) is 7.11 Å². The summed E-state index contributed by atoms with van der Waals surface area (Å²) in [6, 6.07) is 8.06. The molecule has 0 saturated heterocycles. The van der Waals surface area contributed by atoms with Crippen molar-refractivity contribution in [2.24, 2.45) is 0 Å². The van der Waals surface area contributed by atoms with Gasteiger partial charge in [-0.15, -0.1) is 0 Å². The number of hydrogen-bond acceptors (Lipinski definition) is 11. The van der Waals surface area contributed by atoms with Crippen molar-refractivity contribution in [2.45, 2.75) is 36.8 Å². The van der Waals surface area contributed by atoms with Crippen LogP contribution in [0.15, 0.2) is 48.6 Å². The molecule has 0 aliphatic heterocycles. The van der Waals surface area contributed by atoms with Gasteiger partial charge >= 0.3 is 17.9 Å². The third kappa shape index (κ3) is 6.81. The molecule has 0 radical (unpaired) electrons. The Morgan fingerprint density at radius 2 is 1.45 bits per heavy atom. The molecule has 3 rings (SSSR count). The van der Waals surface area contributed by atoms with Crippen LogP contribution in [-0.2, 0) is 23.9 Å². The lowest BCUT2D eigenvalue weighted by molar-refractivity contribution is -0.204. The van der Waals surface area contributed by atoms with E-state index in [1.807, 2.05) is 0 Å². The van der Waals surface area contributed by atoms with Crippen LogP contribution in [0.1, 0.15) is 24.0 Å². The molecule has 6 N–H and O–H groups in total. The third-order valence-electron chi connectivity index (χ3n) is 5.78. The molecule has 0 heterocycles. The van der Waals surface area contributed by atoms with Crippen LogP contribution in [0.25, 0.3) is 12.2 Å². The summed E-state index contributed by atoms with van der Waals surface area (Å²) in [5.41, 5.74) is -1.66. The number of hydrogen-bond donors (Lipinski definition) is 6. The second kappa shape index (κ2) is 11.7. The van der Waals surface area contributed by atoms with Crippen LogP contribution in [-0.4, -0.2) is 79.6 Å². The van der Waals surface area contributed by atoms with Gasteiger partial charge < -0.3 is 44.8 Å². The first-order valence-electron chi connectivity index (χ1n) is 11.2. The van der Waals surface area contributed by atoms with Gasteiger partial charge in [-0.2, -0.15) is 0 Å². The fourth-order valence-corrected chi connectivity index (χ4v) is 3.81. The van der Waals surface area contributed by atoms with E-state index in [1.165, 1.54) is 55.7 Å². The fourth-order valence-electron chi connectivity index (χ4n) is 3.81. The van der Waals surface area contributed by atoms with Crippen molar-refractivity contribution in [1.29, 1.82) is 0 Å². The first kappa shape index (κ1) is 28.0. The number of aliphatic carboxylic acids is 1. The Balaban J connectivity index is 1.75. The normalized spacial score (nSPS) is 23.3. The predicted molar refractivity (Wildman–Crippen MR) is 130 cm³/mol. The van der Waals surface area contributed by atoms with E-state index >= 15 is 0 Å². The zero-order valence-corrected chi connectivity index (χ0v) is 20.1. The molecule has 12 nitrogen and oxygen atoms in total. The lowest BCUT2D eigenvalue weighted by Crippen LogP contribution is -2.58. The number of methoxy groups -OCH3 is 1. The van der Waals surface area contributed by atoms with Crippen LogP contribution in [0.5, 0.6) is 23.0 Å². The van der Waals surface area contributed by atoms with Crippen molar-refractivity contribution in [1.82, 2.24) is 0 Å². The number of esters is 2. The van der Waals surface area contributed by atoms with E-state index in [4.69, 9.17) is 14.2 Å². The number of carbonyl (C=O) groups excluding carboxylic acids is 2. The summed E-state index contributed by atoms with van der Waals surface area (Å²) in [6.07, 6.45) is -1.56. The molecule has 202 valence electrons. The minimum Gasteiger partial charge on any atom is -0.504 e. The molecule has 1 aliphatic carbocycles. The maximum Gasteiger partial charge on any atom is 0.335 e. The smallest absolute Gasteiger partial charge is 0.335 e. The van der Waals surface area contributed by atoms with Crippen molar-refractivity contribution in [3.05, 3.63) is 59.7 Å². The highest BCUT2D eigenvalue weighted by Gasteiger charge is 2.52. The van der Waals surface area contributed by atoms with E-state index in [9.17, 15) is 45.0 Å². The van der Waals surface area contributed by atoms with Gasteiger partial charge in [0.15, 0.2) is 34.7 Å². The van der Waals surface area contributed by atoms with Crippen LogP contribution in [0.3, 0.4) is 0 Å². The molecule has 2 aromatic carbocycles. The van der Waals surface area contributed by atoms with E-state index < -0.39 is 60.4 Å². The molecular weight excluding hydrogens is 504 g/mol. The lowest BCUT2D eigenvalue weighted by Gasteiger charge is -2.40. The van der Waals surface area contributed by atoms with Crippen molar-refractivity contribution in [3.63, 3.8) is 0 Å². The quantitative estimate of drug-likeness (QED) is 0.163. The number of phenols is 3. The molecule has 1 aliphatic rings. The molecule has 0 amide bonds. The number of phenolic OH excluding ortho intramolecular Hbond substituents is 3. The lowest BCUT2D eigenvalue weighted by atomic mass is 9.79. The number of carboxylic acid groups (broad SMARTS) is 1. The van der Waals surface area contributed by atoms with Gasteiger partial charge in [-0.1, -0.05) is 12.1 Å². The molecule has 0 bridgehead atoms. The molecule has 1 fully saturated rings. The topological polar surface area (TPSA) is 200 Å². The van der Waals surface area contributed by atoms with E-state index in [0.717, 1.165) is 12.2 Å². The van der Waals surface area contributed by atoms with Crippen LogP contribution >= 0.6 is 0 Å². The van der Waals surface area contributed by atoms with Crippen molar-refractivity contribution in [3.8, 4) is 23.0 Å². The maximum absolute atomic E-state index is 12.5. The predicted octanol–water partition coefficient (Wildman–Crippen LogP) is 1.33. The number of benzene rings is 2. The summed E-state index contributed by atoms with van der Waals surface area (Å²) in [5, 5.41) is 58.9. The number of rotatable bonds is 8. The summed E-state index contributed by atoms with van der Waals surface area (Å²) >= 11 is 0. The average molecular weight is 530 g/mol. The highest BCUT2D eigenvalue weighted by molar-refractivity contribution is 5.88. The largest absolute Gasteiger partial charge is 0.504 e. The maximum atomic E-state index is 12.5. The van der Waals surface area contributed by atoms with Gasteiger partial charge in [0.05, 0.1) is 13.2 Å². The Morgan fingerprint density at radius 3 is 2.03 bits per heavy atom. The summed E-state index contributed by atoms with van der Waals surface area (Å²) in [4.78, 5) is 36.5. The SMILES string of the molecule is COc1cc(/C=C/C(=O)O[C@H]2C(O)C[C@](O)(C(=O)O)CC2OC(=O)/C=C/c2ccc(O)c(O)c2)ccc1O. The number of aliphatic hydroxyl groups excluding tert-OH is 1. The first-order valence-corrected chi connectivity index (χ1v) is 11.2. The Labute approximate surface area is 216 Å². The fraction of sp³-hybridized carbons (Fsp3) is 0.269. The Morgan fingerprint density at radius 1 is 0.868 bits per heavy atom. The molecular formula is C26H26O12. The minimum atomic E-state index is -2.45. The molecule has 0 spiro atoms. The molecule has 4 atom stereocenters. The molecule has 2 aromatic rings. The highest BCUT2D eigenvalue weighted by Crippen LogP contribution is 2.33. The molecule has 0 aromatic heterocycles. The second-order valence-corrected chi connectivity index (χ2v) is 8.54. The van der Waals surface area contributed by atoms with Crippen molar-refractivity contribution >= 4 is 30.1 Å². The van der Waals surface area contributed by atoms with E-state index in [2.05, 4.69) is 0 Å². The van der Waals surface area contributed by atoms with Gasteiger partial charge in [0.2, 0.25) is 0 Å². The zero-order chi connectivity index (χ0) is 28.0. The van der Waals surface area contributed by atoms with Crippen LogP contribution in [0.2, 0.25) is 0 Å². The monoisotopic (exact) mass is 530 g/mol. The zero-order valence-electron chi connectivity index (χ0n) is 20.1. The Hall–Kier alpha value is -4.55. The summed E-state index contributed by atoms with van der Waals surface area (Å²) in [5.74, 6) is -4.36. The highest BCUT2D eigenvalue weighted by atomic mass is 16.6. The van der Waals surface area contributed by atoms with Gasteiger partial charge in [0, 0.05) is 25.0 Å². The van der Waals surface area contributed by atoms with Gasteiger partial charge in [-0.25, -0.2) is 14.4 Å². The first-order chi connectivity index (χ1) is 17.9. The van der Waals surface area contributed by atoms with Crippen LogP contribution in [0.4, 0.5) is 0 Å². The molecule has 12 heteroatoms. The third-order valence-corrected chi connectivity index (χ3v) is 5.78.